The second kappa shape index (κ2) is 10.4. The number of nitriles is 1. The number of likely N-dealkylation sites (tertiary alicyclic amines) is 1. The molecule has 1 amide bonds. The largest absolute Gasteiger partial charge is 0.416 e. The molecule has 2 fully saturated rings. The maximum absolute atomic E-state index is 13.5. The number of hydrogen-bond donors (Lipinski definition) is 1. The number of alkyl halides is 5. The number of allylic oxidation sites excluding steroid dienone is 2. The molecule has 0 unspecified atom stereocenters. The zero-order valence-corrected chi connectivity index (χ0v) is 18.9. The summed E-state index contributed by atoms with van der Waals surface area (Å²) in [4.78, 5) is 27.3. The molecule has 0 atom stereocenters. The van der Waals surface area contributed by atoms with E-state index in [1.165, 1.54) is 11.9 Å². The van der Waals surface area contributed by atoms with Crippen molar-refractivity contribution >= 4 is 23.5 Å². The van der Waals surface area contributed by atoms with Crippen molar-refractivity contribution in [3.63, 3.8) is 0 Å². The van der Waals surface area contributed by atoms with Crippen LogP contribution < -0.4 is 10.2 Å². The first-order valence-corrected chi connectivity index (χ1v) is 10.8. The summed E-state index contributed by atoms with van der Waals surface area (Å²) < 4.78 is 66.3. The molecular weight excluding hydrogens is 473 g/mol. The van der Waals surface area contributed by atoms with Crippen LogP contribution in [0.5, 0.6) is 0 Å². The van der Waals surface area contributed by atoms with Crippen LogP contribution in [0.4, 0.5) is 33.7 Å². The molecule has 1 aromatic rings. The third kappa shape index (κ3) is 6.52. The monoisotopic (exact) mass is 497 g/mol. The van der Waals surface area contributed by atoms with Crippen molar-refractivity contribution in [2.45, 2.75) is 37.3 Å². The molecule has 2 saturated heterocycles. The van der Waals surface area contributed by atoms with E-state index in [1.807, 2.05) is 6.07 Å². The topological polar surface area (TPSA) is 97.5 Å². The van der Waals surface area contributed by atoms with Crippen LogP contribution in [-0.4, -0.2) is 71.9 Å². The molecule has 3 rings (SSSR count). The van der Waals surface area contributed by atoms with Gasteiger partial charge in [0.2, 0.25) is 11.9 Å². The number of nitrogens with zero attached hydrogens (tertiary/aromatic N) is 6. The van der Waals surface area contributed by atoms with Crippen molar-refractivity contribution in [3.8, 4) is 6.07 Å². The van der Waals surface area contributed by atoms with Crippen LogP contribution in [0, 0.1) is 11.3 Å². The Hall–Kier alpha value is -3.56. The molecule has 0 bridgehead atoms. The SMILES string of the molecule is C=C/C(=C\C(=NC)Nc1cc(C2CCN(C(=O)CC#N)CC2)nc(N2CC(F)(F)C2)n1)C(F)(F)F. The van der Waals surface area contributed by atoms with Crippen LogP contribution in [0.3, 0.4) is 0 Å². The van der Waals surface area contributed by atoms with E-state index in [-0.39, 0.29) is 35.8 Å². The van der Waals surface area contributed by atoms with Crippen LogP contribution in [0.1, 0.15) is 30.9 Å². The van der Waals surface area contributed by atoms with Crippen molar-refractivity contribution in [1.82, 2.24) is 14.9 Å². The van der Waals surface area contributed by atoms with Gasteiger partial charge in [-0.05, 0) is 18.9 Å². The Kier molecular flexibility index (Phi) is 7.72. The van der Waals surface area contributed by atoms with Gasteiger partial charge in [-0.15, -0.1) is 0 Å². The van der Waals surface area contributed by atoms with Crippen LogP contribution in [0.25, 0.3) is 0 Å². The van der Waals surface area contributed by atoms with Crippen LogP contribution in [0.2, 0.25) is 0 Å². The third-order valence-corrected chi connectivity index (χ3v) is 5.69. The Morgan fingerprint density at radius 3 is 2.51 bits per heavy atom. The minimum atomic E-state index is -4.64. The van der Waals surface area contributed by atoms with E-state index in [9.17, 15) is 26.7 Å². The number of rotatable bonds is 6. The molecule has 2 aliphatic rings. The average Bonchev–Trinajstić information content (AvgIpc) is 2.79. The quantitative estimate of drug-likeness (QED) is 0.279. The number of amidine groups is 1. The number of nitrogens with one attached hydrogen (secondary N) is 1. The van der Waals surface area contributed by atoms with Crippen LogP contribution >= 0.6 is 0 Å². The van der Waals surface area contributed by atoms with Crippen molar-refractivity contribution < 1.29 is 26.7 Å². The number of halogens is 5. The van der Waals surface area contributed by atoms with Crippen molar-refractivity contribution in [2.24, 2.45) is 4.99 Å². The fraction of sp³-hybridized carbons (Fsp3) is 0.500. The Morgan fingerprint density at radius 1 is 1.34 bits per heavy atom. The lowest BCUT2D eigenvalue weighted by atomic mass is 9.93. The lowest BCUT2D eigenvalue weighted by Gasteiger charge is -2.39. The highest BCUT2D eigenvalue weighted by Gasteiger charge is 2.45. The molecule has 35 heavy (non-hydrogen) atoms. The van der Waals surface area contributed by atoms with Gasteiger partial charge in [0, 0.05) is 32.1 Å². The number of aromatic nitrogens is 2. The molecule has 8 nitrogen and oxygen atoms in total. The Labute approximate surface area is 198 Å². The fourth-order valence-electron chi connectivity index (χ4n) is 3.82. The number of carbonyl (C=O) groups excluding carboxylic acids is 1. The molecule has 13 heteroatoms. The summed E-state index contributed by atoms with van der Waals surface area (Å²) in [6.07, 6.45) is -2.38. The Balaban J connectivity index is 1.86. The fourth-order valence-corrected chi connectivity index (χ4v) is 3.82. The Bertz CT molecular complexity index is 1060. The van der Waals surface area contributed by atoms with Gasteiger partial charge in [0.05, 0.1) is 30.4 Å². The summed E-state index contributed by atoms with van der Waals surface area (Å²) in [5, 5.41) is 11.4. The summed E-state index contributed by atoms with van der Waals surface area (Å²) in [6, 6.07) is 3.37. The molecule has 2 aliphatic heterocycles. The van der Waals surface area contributed by atoms with Gasteiger partial charge in [-0.2, -0.15) is 23.4 Å². The van der Waals surface area contributed by atoms with E-state index in [0.29, 0.717) is 37.7 Å². The molecule has 3 heterocycles. The first kappa shape index (κ1) is 26.1. The van der Waals surface area contributed by atoms with Crippen LogP contribution in [0.15, 0.2) is 35.4 Å². The van der Waals surface area contributed by atoms with Crippen molar-refractivity contribution in [2.75, 3.05) is 43.4 Å². The predicted octanol–water partition coefficient (Wildman–Crippen LogP) is 3.67. The van der Waals surface area contributed by atoms with Gasteiger partial charge in [-0.1, -0.05) is 12.7 Å². The van der Waals surface area contributed by atoms with E-state index in [4.69, 9.17) is 5.26 Å². The molecule has 1 aromatic heterocycles. The predicted molar refractivity (Wildman–Crippen MR) is 119 cm³/mol. The first-order chi connectivity index (χ1) is 16.5. The van der Waals surface area contributed by atoms with E-state index in [1.54, 1.807) is 11.0 Å². The normalized spacial score (nSPS) is 19.1. The van der Waals surface area contributed by atoms with Gasteiger partial charge in [0.1, 0.15) is 18.1 Å². The van der Waals surface area contributed by atoms with Gasteiger partial charge < -0.3 is 15.1 Å². The van der Waals surface area contributed by atoms with E-state index in [2.05, 4.69) is 26.9 Å². The number of carbonyl (C=O) groups is 1. The first-order valence-electron chi connectivity index (χ1n) is 10.8. The summed E-state index contributed by atoms with van der Waals surface area (Å²) >= 11 is 0. The summed E-state index contributed by atoms with van der Waals surface area (Å²) in [6.45, 7) is 2.83. The van der Waals surface area contributed by atoms with Gasteiger partial charge in [-0.25, -0.2) is 13.8 Å². The lowest BCUT2D eigenvalue weighted by molar-refractivity contribution is -0.131. The molecule has 0 saturated carbocycles. The number of amides is 1. The van der Waals surface area contributed by atoms with E-state index < -0.39 is 30.8 Å². The third-order valence-electron chi connectivity index (χ3n) is 5.69. The second-order valence-electron chi connectivity index (χ2n) is 8.22. The summed E-state index contributed by atoms with van der Waals surface area (Å²) in [5.41, 5.74) is -0.504. The van der Waals surface area contributed by atoms with E-state index >= 15 is 0 Å². The number of aliphatic imine (C=N–C) groups is 1. The van der Waals surface area contributed by atoms with E-state index in [0.717, 1.165) is 6.08 Å². The standard InChI is InChI=1S/C22H24F5N7O/c1-3-15(22(25,26)27)10-17(29-2)31-18-11-16(30-20(32-18)34-12-21(23,24)13-34)14-5-8-33(9-6-14)19(35)4-7-28/h3,10-11,14H,1,4-6,8-9,12-13H2,2H3,(H,29,30,31,32)/b15-10+. The number of piperidine rings is 1. The summed E-state index contributed by atoms with van der Waals surface area (Å²) in [5.74, 6) is -3.30. The maximum atomic E-state index is 13.5. The number of hydrogen-bond acceptors (Lipinski definition) is 6. The maximum Gasteiger partial charge on any atom is 0.416 e. The highest BCUT2D eigenvalue weighted by molar-refractivity contribution is 6.04. The molecule has 188 valence electrons. The molecule has 0 radical (unpaired) electrons. The molecule has 1 N–H and O–H groups in total. The molecule has 0 spiro atoms. The summed E-state index contributed by atoms with van der Waals surface area (Å²) in [7, 11) is 1.29. The second-order valence-corrected chi connectivity index (χ2v) is 8.22. The van der Waals surface area contributed by atoms with Crippen molar-refractivity contribution in [3.05, 3.63) is 36.1 Å². The average molecular weight is 497 g/mol. The highest BCUT2D eigenvalue weighted by atomic mass is 19.4. The van der Waals surface area contributed by atoms with Gasteiger partial charge >= 0.3 is 6.18 Å². The van der Waals surface area contributed by atoms with Gasteiger partial charge in [0.25, 0.3) is 5.92 Å². The minimum absolute atomic E-state index is 0.0260. The van der Waals surface area contributed by atoms with Gasteiger partial charge in [-0.3, -0.25) is 9.79 Å². The van der Waals surface area contributed by atoms with Gasteiger partial charge in [0.15, 0.2) is 0 Å². The zero-order valence-electron chi connectivity index (χ0n) is 18.9. The Morgan fingerprint density at radius 2 is 2.00 bits per heavy atom. The lowest BCUT2D eigenvalue weighted by Crippen LogP contribution is -2.57. The minimum Gasteiger partial charge on any atom is -0.342 e. The number of anilines is 2. The molecular formula is C22H24F5N7O. The molecule has 0 aliphatic carbocycles. The smallest absolute Gasteiger partial charge is 0.342 e. The van der Waals surface area contributed by atoms with Crippen molar-refractivity contribution in [1.29, 1.82) is 5.26 Å². The zero-order chi connectivity index (χ0) is 25.8. The molecule has 0 aromatic carbocycles. The highest BCUT2D eigenvalue weighted by Crippen LogP contribution is 2.34. The van der Waals surface area contributed by atoms with Crippen LogP contribution in [-0.2, 0) is 4.79 Å².